The van der Waals surface area contributed by atoms with Crippen LogP contribution in [0.1, 0.15) is 29.6 Å². The average molecular weight is 330 g/mol. The minimum atomic E-state index is -1.18. The molecule has 128 valence electrons. The number of rotatable bonds is 3. The van der Waals surface area contributed by atoms with Crippen molar-refractivity contribution in [2.45, 2.75) is 24.9 Å². The molecule has 0 radical (unpaired) electrons. The Balaban J connectivity index is 1.64. The van der Waals surface area contributed by atoms with Gasteiger partial charge in [-0.2, -0.15) is 5.10 Å². The van der Waals surface area contributed by atoms with Crippen molar-refractivity contribution in [3.8, 4) is 0 Å². The van der Waals surface area contributed by atoms with Crippen LogP contribution in [0, 0.1) is 0 Å². The zero-order valence-corrected chi connectivity index (χ0v) is 13.6. The Bertz CT molecular complexity index is 768. The number of nitrogens with zero attached hydrogens (tertiary/aromatic N) is 4. The second-order valence-corrected chi connectivity index (χ2v) is 6.83. The van der Waals surface area contributed by atoms with Crippen LogP contribution in [-0.4, -0.2) is 69.0 Å². The van der Waals surface area contributed by atoms with E-state index in [1.54, 1.807) is 15.6 Å². The van der Waals surface area contributed by atoms with Crippen LogP contribution < -0.4 is 4.90 Å². The fourth-order valence-corrected chi connectivity index (χ4v) is 3.64. The molecule has 0 saturated carbocycles. The van der Waals surface area contributed by atoms with Gasteiger partial charge in [0.25, 0.3) is 5.91 Å². The van der Waals surface area contributed by atoms with Crippen molar-refractivity contribution in [1.82, 2.24) is 14.5 Å². The van der Waals surface area contributed by atoms with Gasteiger partial charge in [0.15, 0.2) is 0 Å². The lowest BCUT2D eigenvalue weighted by Gasteiger charge is -2.21. The van der Waals surface area contributed by atoms with E-state index < -0.39 is 5.60 Å². The maximum atomic E-state index is 12.8. The minimum absolute atomic E-state index is 0.145. The van der Waals surface area contributed by atoms with Crippen molar-refractivity contribution in [3.05, 3.63) is 30.1 Å². The molecule has 2 aromatic rings. The predicted octanol–water partition coefficient (Wildman–Crippen LogP) is 0.504. The fraction of sp³-hybridized carbons (Fsp3) is 0.529. The summed E-state index contributed by atoms with van der Waals surface area (Å²) < 4.78 is 1.71. The van der Waals surface area contributed by atoms with Crippen LogP contribution in [0.3, 0.4) is 0 Å². The van der Waals surface area contributed by atoms with Crippen LogP contribution in [0.2, 0.25) is 0 Å². The SMILES string of the molecule is O=C(c1cnn2ccc(N3CCCC3)cc12)N1CCC(O)(CO)C1. The lowest BCUT2D eigenvalue weighted by Crippen LogP contribution is -2.38. The number of fused-ring (bicyclic) bond motifs is 1. The summed E-state index contributed by atoms with van der Waals surface area (Å²) in [7, 11) is 0. The number of aliphatic hydroxyl groups is 2. The number of hydrogen-bond acceptors (Lipinski definition) is 5. The van der Waals surface area contributed by atoms with Crippen LogP contribution in [0.4, 0.5) is 5.69 Å². The lowest BCUT2D eigenvalue weighted by molar-refractivity contribution is -0.00453. The highest BCUT2D eigenvalue weighted by molar-refractivity contribution is 6.01. The van der Waals surface area contributed by atoms with E-state index in [0.29, 0.717) is 18.5 Å². The summed E-state index contributed by atoms with van der Waals surface area (Å²) in [5, 5.41) is 23.7. The molecule has 2 aliphatic rings. The third-order valence-electron chi connectivity index (χ3n) is 5.12. The molecule has 2 aromatic heterocycles. The Labute approximate surface area is 140 Å². The van der Waals surface area contributed by atoms with Crippen molar-refractivity contribution >= 4 is 17.1 Å². The van der Waals surface area contributed by atoms with E-state index in [4.69, 9.17) is 0 Å². The minimum Gasteiger partial charge on any atom is -0.393 e. The summed E-state index contributed by atoms with van der Waals surface area (Å²) in [5.74, 6) is -0.145. The maximum Gasteiger partial charge on any atom is 0.257 e. The van der Waals surface area contributed by atoms with E-state index >= 15 is 0 Å². The molecule has 1 amide bonds. The van der Waals surface area contributed by atoms with Gasteiger partial charge in [0, 0.05) is 31.5 Å². The first-order chi connectivity index (χ1) is 11.6. The van der Waals surface area contributed by atoms with Gasteiger partial charge in [-0.25, -0.2) is 4.52 Å². The van der Waals surface area contributed by atoms with Crippen molar-refractivity contribution in [1.29, 1.82) is 0 Å². The third-order valence-corrected chi connectivity index (χ3v) is 5.12. The maximum absolute atomic E-state index is 12.8. The molecular formula is C17H22N4O3. The summed E-state index contributed by atoms with van der Waals surface area (Å²) in [6.45, 7) is 2.36. The number of aliphatic hydroxyl groups excluding tert-OH is 1. The van der Waals surface area contributed by atoms with Crippen LogP contribution >= 0.6 is 0 Å². The van der Waals surface area contributed by atoms with Crippen molar-refractivity contribution < 1.29 is 15.0 Å². The van der Waals surface area contributed by atoms with Gasteiger partial charge in [0.1, 0.15) is 5.60 Å². The van der Waals surface area contributed by atoms with Gasteiger partial charge in [0.05, 0.1) is 30.4 Å². The average Bonchev–Trinajstić information content (AvgIpc) is 3.33. The zero-order valence-electron chi connectivity index (χ0n) is 13.6. The molecule has 7 nitrogen and oxygen atoms in total. The second-order valence-electron chi connectivity index (χ2n) is 6.83. The van der Waals surface area contributed by atoms with Gasteiger partial charge in [0.2, 0.25) is 0 Å². The van der Waals surface area contributed by atoms with Crippen LogP contribution in [-0.2, 0) is 0 Å². The topological polar surface area (TPSA) is 81.3 Å². The highest BCUT2D eigenvalue weighted by atomic mass is 16.3. The molecule has 4 rings (SSSR count). The lowest BCUT2D eigenvalue weighted by atomic mass is 10.1. The molecule has 0 aliphatic carbocycles. The van der Waals surface area contributed by atoms with E-state index in [-0.39, 0.29) is 19.1 Å². The van der Waals surface area contributed by atoms with Crippen LogP contribution in [0.15, 0.2) is 24.5 Å². The molecule has 2 fully saturated rings. The van der Waals surface area contributed by atoms with Crippen molar-refractivity contribution in [2.75, 3.05) is 37.7 Å². The number of carbonyl (C=O) groups is 1. The molecular weight excluding hydrogens is 308 g/mol. The van der Waals surface area contributed by atoms with Gasteiger partial charge in [-0.3, -0.25) is 4.79 Å². The van der Waals surface area contributed by atoms with Gasteiger partial charge in [-0.1, -0.05) is 0 Å². The normalized spacial score (nSPS) is 24.2. The largest absolute Gasteiger partial charge is 0.393 e. The van der Waals surface area contributed by atoms with Gasteiger partial charge >= 0.3 is 0 Å². The van der Waals surface area contributed by atoms with Crippen LogP contribution in [0.5, 0.6) is 0 Å². The number of hydrogen-bond donors (Lipinski definition) is 2. The number of aromatic nitrogens is 2. The Kier molecular flexibility index (Phi) is 3.69. The van der Waals surface area contributed by atoms with Crippen molar-refractivity contribution in [3.63, 3.8) is 0 Å². The Morgan fingerprint density at radius 1 is 1.29 bits per heavy atom. The highest BCUT2D eigenvalue weighted by Gasteiger charge is 2.38. The summed E-state index contributed by atoms with van der Waals surface area (Å²) in [6, 6.07) is 4.04. The first-order valence-corrected chi connectivity index (χ1v) is 8.44. The molecule has 2 saturated heterocycles. The smallest absolute Gasteiger partial charge is 0.257 e. The molecule has 0 spiro atoms. The molecule has 0 bridgehead atoms. The summed E-state index contributed by atoms with van der Waals surface area (Å²) in [6.07, 6.45) is 6.26. The van der Waals surface area contributed by atoms with Gasteiger partial charge in [-0.05, 0) is 31.4 Å². The van der Waals surface area contributed by atoms with E-state index in [2.05, 4.69) is 10.00 Å². The quantitative estimate of drug-likeness (QED) is 0.857. The molecule has 2 N–H and O–H groups in total. The summed E-state index contributed by atoms with van der Waals surface area (Å²) in [4.78, 5) is 16.7. The Hall–Kier alpha value is -2.12. The highest BCUT2D eigenvalue weighted by Crippen LogP contribution is 2.26. The monoisotopic (exact) mass is 330 g/mol. The van der Waals surface area contributed by atoms with Crippen molar-refractivity contribution in [2.24, 2.45) is 0 Å². The molecule has 2 aliphatic heterocycles. The number of amides is 1. The summed E-state index contributed by atoms with van der Waals surface area (Å²) >= 11 is 0. The first kappa shape index (κ1) is 15.4. The molecule has 4 heterocycles. The van der Waals surface area contributed by atoms with E-state index in [9.17, 15) is 15.0 Å². The standard InChI is InChI=1S/C17H22N4O3/c22-12-17(24)4-8-20(11-17)16(23)14-10-18-21-7-3-13(9-15(14)21)19-5-1-2-6-19/h3,7,9-10,22,24H,1-2,4-6,8,11-12H2. The second kappa shape index (κ2) is 5.75. The zero-order chi connectivity index (χ0) is 16.7. The van der Waals surface area contributed by atoms with Crippen LogP contribution in [0.25, 0.3) is 5.52 Å². The molecule has 7 heteroatoms. The number of carbonyl (C=O) groups excluding carboxylic acids is 1. The third kappa shape index (κ3) is 2.53. The number of β-amino-alcohol motifs (C(OH)–C–C–N with tert-alkyl or cyclic N) is 1. The fourth-order valence-electron chi connectivity index (χ4n) is 3.64. The molecule has 24 heavy (non-hydrogen) atoms. The molecule has 1 unspecified atom stereocenters. The number of likely N-dealkylation sites (tertiary alicyclic amines) is 1. The van der Waals surface area contributed by atoms with E-state index in [1.165, 1.54) is 12.8 Å². The Morgan fingerprint density at radius 3 is 2.79 bits per heavy atom. The van der Waals surface area contributed by atoms with E-state index in [0.717, 1.165) is 24.3 Å². The first-order valence-electron chi connectivity index (χ1n) is 8.44. The molecule has 1 atom stereocenters. The van der Waals surface area contributed by atoms with Gasteiger partial charge in [-0.15, -0.1) is 0 Å². The number of pyridine rings is 1. The van der Waals surface area contributed by atoms with E-state index in [1.807, 2.05) is 18.3 Å². The Morgan fingerprint density at radius 2 is 2.08 bits per heavy atom. The van der Waals surface area contributed by atoms with Gasteiger partial charge < -0.3 is 20.0 Å². The predicted molar refractivity (Wildman–Crippen MR) is 89.2 cm³/mol. The number of anilines is 1. The summed E-state index contributed by atoms with van der Waals surface area (Å²) in [5.41, 5.74) is 1.25. The molecule has 0 aromatic carbocycles.